The summed E-state index contributed by atoms with van der Waals surface area (Å²) in [4.78, 5) is 17.7. The van der Waals surface area contributed by atoms with Crippen molar-refractivity contribution >= 4 is 51.1 Å². The lowest BCUT2D eigenvalue weighted by molar-refractivity contribution is -0.114. The van der Waals surface area contributed by atoms with E-state index in [9.17, 15) is 4.79 Å². The first-order chi connectivity index (χ1) is 14.1. The second-order valence-corrected chi connectivity index (χ2v) is 7.73. The number of ether oxygens (including phenoxy) is 3. The van der Waals surface area contributed by atoms with Crippen LogP contribution in [0.3, 0.4) is 0 Å². The number of carbonyl (C=O) groups is 1. The summed E-state index contributed by atoms with van der Waals surface area (Å²) in [5.41, 5.74) is 0.669. The van der Waals surface area contributed by atoms with Gasteiger partial charge < -0.3 is 14.2 Å². The van der Waals surface area contributed by atoms with Crippen LogP contribution in [-0.2, 0) is 4.79 Å². The molecule has 2 aromatic rings. The third-order valence-corrected chi connectivity index (χ3v) is 6.17. The summed E-state index contributed by atoms with van der Waals surface area (Å²) in [6, 6.07) is 7.30. The Hall–Kier alpha value is -3.11. The van der Waals surface area contributed by atoms with E-state index in [1.165, 1.54) is 49.4 Å². The summed E-state index contributed by atoms with van der Waals surface area (Å²) in [7, 11) is 4.53. The zero-order chi connectivity index (χ0) is 20.5. The molecule has 0 saturated heterocycles. The minimum absolute atomic E-state index is 0.0455. The molecule has 0 unspecified atom stereocenters. The molecule has 0 spiro atoms. The highest BCUT2D eigenvalue weighted by Gasteiger charge is 2.36. The van der Waals surface area contributed by atoms with Gasteiger partial charge in [0.15, 0.2) is 17.3 Å². The van der Waals surface area contributed by atoms with E-state index in [-0.39, 0.29) is 11.4 Å². The monoisotopic (exact) mass is 428 g/mol. The van der Waals surface area contributed by atoms with Gasteiger partial charge >= 0.3 is 0 Å². The average Bonchev–Trinajstić information content (AvgIpc) is 3.40. The van der Waals surface area contributed by atoms with Crippen LogP contribution in [0, 0.1) is 5.41 Å². The number of thiophene rings is 1. The molecule has 0 atom stereocenters. The molecule has 3 heterocycles. The van der Waals surface area contributed by atoms with E-state index in [4.69, 9.17) is 19.6 Å². The third kappa shape index (κ3) is 3.30. The zero-order valence-corrected chi connectivity index (χ0v) is 17.4. The van der Waals surface area contributed by atoms with Crippen LogP contribution in [-0.4, -0.2) is 48.3 Å². The van der Waals surface area contributed by atoms with Crippen LogP contribution in [0.2, 0.25) is 0 Å². The molecule has 0 saturated carbocycles. The maximum atomic E-state index is 12.6. The summed E-state index contributed by atoms with van der Waals surface area (Å²) < 4.78 is 16.1. The number of methoxy groups -OCH3 is 3. The number of fused-ring (bicyclic) bond motifs is 1. The van der Waals surface area contributed by atoms with Crippen molar-refractivity contribution in [2.75, 3.05) is 21.3 Å². The van der Waals surface area contributed by atoms with Gasteiger partial charge in [-0.05, 0) is 41.4 Å². The molecule has 0 bridgehead atoms. The lowest BCUT2D eigenvalue weighted by atomic mass is 10.1. The van der Waals surface area contributed by atoms with E-state index >= 15 is 0 Å². The van der Waals surface area contributed by atoms with Gasteiger partial charge in [-0.15, -0.1) is 11.3 Å². The molecule has 29 heavy (non-hydrogen) atoms. The fraction of sp³-hybridized carbons (Fsp3) is 0.158. The lowest BCUT2D eigenvalue weighted by Crippen LogP contribution is -2.35. The maximum absolute atomic E-state index is 12.6. The van der Waals surface area contributed by atoms with Gasteiger partial charge in [0.2, 0.25) is 10.9 Å². The quantitative estimate of drug-likeness (QED) is 0.733. The standard InChI is InChI=1S/C19H16N4O4S2/c1-25-12-7-6-10(14(26-2)15(12)27-3)9-11-16(20)23-19(21-17(11)24)29-18(22-23)13-5-4-8-28-13/h4-9,20H,1-3H3/b11-9-,20-16?. The van der Waals surface area contributed by atoms with Crippen LogP contribution in [0.4, 0.5) is 0 Å². The summed E-state index contributed by atoms with van der Waals surface area (Å²) in [5, 5.41) is 17.4. The van der Waals surface area contributed by atoms with E-state index in [1.54, 1.807) is 18.2 Å². The van der Waals surface area contributed by atoms with Crippen LogP contribution in [0.1, 0.15) is 10.4 Å². The SMILES string of the molecule is COc1ccc(/C=C2/C(=N)N3N=C(c4cccs4)SC3=NC2=O)c(OC)c1OC. The molecule has 10 heteroatoms. The van der Waals surface area contributed by atoms with Crippen molar-refractivity contribution in [3.05, 3.63) is 45.7 Å². The molecular formula is C19H16N4O4S2. The molecule has 4 rings (SSSR count). The van der Waals surface area contributed by atoms with Gasteiger partial charge in [-0.25, -0.2) is 0 Å². The molecule has 2 aliphatic rings. The Morgan fingerprint density at radius 2 is 1.90 bits per heavy atom. The van der Waals surface area contributed by atoms with Crippen LogP contribution >= 0.6 is 23.1 Å². The van der Waals surface area contributed by atoms with Gasteiger partial charge in [0.05, 0.1) is 31.8 Å². The zero-order valence-electron chi connectivity index (χ0n) is 15.8. The van der Waals surface area contributed by atoms with Gasteiger partial charge in [0.1, 0.15) is 5.04 Å². The van der Waals surface area contributed by atoms with E-state index in [2.05, 4.69) is 10.1 Å². The number of hydrogen-bond acceptors (Lipinski definition) is 8. The number of amides is 1. The Bertz CT molecular complexity index is 1090. The first-order valence-electron chi connectivity index (χ1n) is 8.40. The molecule has 1 aromatic heterocycles. The van der Waals surface area contributed by atoms with Gasteiger partial charge in [-0.2, -0.15) is 15.1 Å². The molecule has 0 fully saturated rings. The maximum Gasteiger partial charge on any atom is 0.283 e. The molecular weight excluding hydrogens is 412 g/mol. The number of rotatable bonds is 5. The number of thioether (sulfide) groups is 1. The predicted octanol–water partition coefficient (Wildman–Crippen LogP) is 3.44. The highest BCUT2D eigenvalue weighted by Crippen LogP contribution is 2.41. The largest absolute Gasteiger partial charge is 0.493 e. The Labute approximate surface area is 175 Å². The number of hydrazone groups is 1. The third-order valence-electron chi connectivity index (χ3n) is 4.22. The molecule has 1 amide bonds. The van der Waals surface area contributed by atoms with Crippen molar-refractivity contribution in [3.8, 4) is 17.2 Å². The first-order valence-corrected chi connectivity index (χ1v) is 10.1. The van der Waals surface area contributed by atoms with Crippen LogP contribution in [0.25, 0.3) is 6.08 Å². The second-order valence-electron chi connectivity index (χ2n) is 5.83. The number of aliphatic imine (C=N–C) groups is 1. The van der Waals surface area contributed by atoms with Crippen molar-refractivity contribution in [1.29, 1.82) is 5.41 Å². The van der Waals surface area contributed by atoms with Crippen molar-refractivity contribution in [1.82, 2.24) is 5.01 Å². The first kappa shape index (κ1) is 19.2. The van der Waals surface area contributed by atoms with Crippen molar-refractivity contribution in [2.24, 2.45) is 10.1 Å². The van der Waals surface area contributed by atoms with Gasteiger partial charge in [0.25, 0.3) is 5.91 Å². The summed E-state index contributed by atoms with van der Waals surface area (Å²) in [6.45, 7) is 0. The van der Waals surface area contributed by atoms with Crippen LogP contribution in [0.15, 0.2) is 45.3 Å². The molecule has 0 aliphatic carbocycles. The number of benzene rings is 1. The lowest BCUT2D eigenvalue weighted by Gasteiger charge is -2.20. The number of nitrogens with one attached hydrogen (secondary N) is 1. The van der Waals surface area contributed by atoms with E-state index in [0.717, 1.165) is 4.88 Å². The smallest absolute Gasteiger partial charge is 0.283 e. The van der Waals surface area contributed by atoms with Crippen LogP contribution < -0.4 is 14.2 Å². The molecule has 1 N–H and O–H groups in total. The molecule has 8 nitrogen and oxygen atoms in total. The Balaban J connectivity index is 1.75. The molecule has 148 valence electrons. The second kappa shape index (κ2) is 7.72. The highest BCUT2D eigenvalue weighted by atomic mass is 32.2. The molecule has 0 radical (unpaired) electrons. The van der Waals surface area contributed by atoms with Crippen molar-refractivity contribution in [2.45, 2.75) is 0 Å². The number of carbonyl (C=O) groups excluding carboxylic acids is 1. The summed E-state index contributed by atoms with van der Waals surface area (Å²) in [5.74, 6) is 0.744. The van der Waals surface area contributed by atoms with Crippen molar-refractivity contribution in [3.63, 3.8) is 0 Å². The predicted molar refractivity (Wildman–Crippen MR) is 115 cm³/mol. The van der Waals surface area contributed by atoms with Gasteiger partial charge in [-0.3, -0.25) is 10.2 Å². The molecule has 1 aromatic carbocycles. The topological polar surface area (TPSA) is 96.6 Å². The number of amidine groups is 2. The highest BCUT2D eigenvalue weighted by molar-refractivity contribution is 8.27. The van der Waals surface area contributed by atoms with E-state index in [1.807, 2.05) is 17.5 Å². The minimum atomic E-state index is -0.506. The van der Waals surface area contributed by atoms with Gasteiger partial charge in [-0.1, -0.05) is 6.07 Å². The molecule has 2 aliphatic heterocycles. The van der Waals surface area contributed by atoms with Crippen LogP contribution in [0.5, 0.6) is 17.2 Å². The fourth-order valence-electron chi connectivity index (χ4n) is 2.89. The summed E-state index contributed by atoms with van der Waals surface area (Å²) >= 11 is 2.81. The van der Waals surface area contributed by atoms with E-state index < -0.39 is 5.91 Å². The average molecular weight is 428 g/mol. The van der Waals surface area contributed by atoms with Crippen molar-refractivity contribution < 1.29 is 19.0 Å². The number of nitrogens with zero attached hydrogens (tertiary/aromatic N) is 3. The fourth-order valence-corrected chi connectivity index (χ4v) is 4.57. The van der Waals surface area contributed by atoms with Gasteiger partial charge in [0, 0.05) is 5.56 Å². The number of hydrogen-bond donors (Lipinski definition) is 1. The Morgan fingerprint density at radius 3 is 2.55 bits per heavy atom. The Kier molecular flexibility index (Phi) is 5.12. The summed E-state index contributed by atoms with van der Waals surface area (Å²) in [6.07, 6.45) is 1.55. The van der Waals surface area contributed by atoms with E-state index in [0.29, 0.717) is 33.0 Å². The normalized spacial score (nSPS) is 17.2. The Morgan fingerprint density at radius 1 is 1.10 bits per heavy atom. The minimum Gasteiger partial charge on any atom is -0.493 e.